The summed E-state index contributed by atoms with van der Waals surface area (Å²) in [6.07, 6.45) is 0. The summed E-state index contributed by atoms with van der Waals surface area (Å²) in [6.45, 7) is 7.78. The number of hydrogen-bond acceptors (Lipinski definition) is 3. The molecule has 0 spiro atoms. The van der Waals surface area contributed by atoms with Gasteiger partial charge in [-0.15, -0.1) is 0 Å². The lowest BCUT2D eigenvalue weighted by Crippen LogP contribution is -3.28. The van der Waals surface area contributed by atoms with Gasteiger partial charge in [-0.1, -0.05) is 17.7 Å². The SMILES string of the molecule is Cc1ccc(NC(=O)C[NH+]2CC[NH+](Cc3ccc4c(c3)OCO4)CC2)c(Cl)c1. The maximum Gasteiger partial charge on any atom is 0.279 e. The molecule has 6 nitrogen and oxygen atoms in total. The fraction of sp³-hybridized carbons (Fsp3) is 0.381. The molecule has 0 saturated carbocycles. The topological polar surface area (TPSA) is 56.4 Å². The van der Waals surface area contributed by atoms with Gasteiger partial charge in [-0.05, 0) is 42.8 Å². The van der Waals surface area contributed by atoms with Gasteiger partial charge in [0.15, 0.2) is 18.0 Å². The summed E-state index contributed by atoms with van der Waals surface area (Å²) in [5, 5.41) is 3.52. The minimum atomic E-state index is 0.0139. The number of anilines is 1. The van der Waals surface area contributed by atoms with Gasteiger partial charge in [-0.3, -0.25) is 4.79 Å². The summed E-state index contributed by atoms with van der Waals surface area (Å²) in [4.78, 5) is 15.2. The lowest BCUT2D eigenvalue weighted by Gasteiger charge is -2.29. The van der Waals surface area contributed by atoms with Gasteiger partial charge in [-0.25, -0.2) is 0 Å². The number of halogens is 1. The summed E-state index contributed by atoms with van der Waals surface area (Å²) in [7, 11) is 0. The molecule has 2 aliphatic rings. The van der Waals surface area contributed by atoms with Crippen LogP contribution >= 0.6 is 11.6 Å². The second-order valence-corrected chi connectivity index (χ2v) is 7.98. The van der Waals surface area contributed by atoms with Crippen LogP contribution in [0.2, 0.25) is 5.02 Å². The van der Waals surface area contributed by atoms with Crippen molar-refractivity contribution < 1.29 is 24.1 Å². The minimum absolute atomic E-state index is 0.0139. The van der Waals surface area contributed by atoms with E-state index in [0.29, 0.717) is 24.0 Å². The van der Waals surface area contributed by atoms with E-state index in [9.17, 15) is 4.79 Å². The highest BCUT2D eigenvalue weighted by atomic mass is 35.5. The van der Waals surface area contributed by atoms with Crippen LogP contribution < -0.4 is 24.6 Å². The average molecular weight is 404 g/mol. The number of carbonyl (C=O) groups is 1. The molecule has 2 aromatic carbocycles. The van der Waals surface area contributed by atoms with Crippen LogP contribution in [0.5, 0.6) is 11.5 Å². The van der Waals surface area contributed by atoms with E-state index < -0.39 is 0 Å². The molecule has 1 saturated heterocycles. The van der Waals surface area contributed by atoms with E-state index in [-0.39, 0.29) is 5.91 Å². The Balaban J connectivity index is 1.24. The van der Waals surface area contributed by atoms with E-state index in [4.69, 9.17) is 21.1 Å². The number of carbonyl (C=O) groups excluding carboxylic acids is 1. The Morgan fingerprint density at radius 3 is 2.57 bits per heavy atom. The summed E-state index contributed by atoms with van der Waals surface area (Å²) in [5.41, 5.74) is 3.02. The second-order valence-electron chi connectivity index (χ2n) is 7.57. The lowest BCUT2D eigenvalue weighted by atomic mass is 10.1. The smallest absolute Gasteiger partial charge is 0.279 e. The Morgan fingerprint density at radius 2 is 1.79 bits per heavy atom. The number of quaternary nitrogens is 2. The largest absolute Gasteiger partial charge is 0.454 e. The average Bonchev–Trinajstić information content (AvgIpc) is 3.13. The second kappa shape index (κ2) is 8.39. The monoisotopic (exact) mass is 403 g/mol. The lowest BCUT2D eigenvalue weighted by molar-refractivity contribution is -1.02. The third-order valence-corrected chi connectivity index (χ3v) is 5.68. The van der Waals surface area contributed by atoms with Crippen molar-refractivity contribution in [3.8, 4) is 11.5 Å². The van der Waals surface area contributed by atoms with Crippen molar-refractivity contribution in [2.45, 2.75) is 13.5 Å². The zero-order valence-corrected chi connectivity index (χ0v) is 16.8. The van der Waals surface area contributed by atoms with E-state index in [1.165, 1.54) is 15.4 Å². The molecule has 0 radical (unpaired) electrons. The van der Waals surface area contributed by atoms with Gasteiger partial charge in [0.05, 0.1) is 10.7 Å². The molecule has 7 heteroatoms. The predicted octanol–water partition coefficient (Wildman–Crippen LogP) is 0.299. The molecule has 1 fully saturated rings. The van der Waals surface area contributed by atoms with Gasteiger partial charge in [0.25, 0.3) is 5.91 Å². The number of hydrogen-bond donors (Lipinski definition) is 3. The summed E-state index contributed by atoms with van der Waals surface area (Å²) in [6, 6.07) is 11.8. The van der Waals surface area contributed by atoms with Gasteiger partial charge in [0.2, 0.25) is 6.79 Å². The number of piperazine rings is 1. The zero-order valence-electron chi connectivity index (χ0n) is 16.0. The van der Waals surface area contributed by atoms with Crippen molar-refractivity contribution in [1.82, 2.24) is 0 Å². The molecular formula is C21H26ClN3O3+2. The van der Waals surface area contributed by atoms with Gasteiger partial charge >= 0.3 is 0 Å². The Bertz CT molecular complexity index is 866. The molecule has 3 N–H and O–H groups in total. The Kier molecular flexibility index (Phi) is 5.71. The molecule has 1 amide bonds. The molecule has 0 aliphatic carbocycles. The van der Waals surface area contributed by atoms with Crippen LogP contribution in [-0.2, 0) is 11.3 Å². The molecular weight excluding hydrogens is 378 g/mol. The number of aryl methyl sites for hydroxylation is 1. The molecule has 0 atom stereocenters. The fourth-order valence-corrected chi connectivity index (χ4v) is 4.08. The van der Waals surface area contributed by atoms with E-state index in [1.807, 2.05) is 31.2 Å². The minimum Gasteiger partial charge on any atom is -0.454 e. The molecule has 2 heterocycles. The quantitative estimate of drug-likeness (QED) is 0.673. The highest BCUT2D eigenvalue weighted by Gasteiger charge is 2.25. The maximum absolute atomic E-state index is 12.4. The first kappa shape index (κ1) is 19.1. The fourth-order valence-electron chi connectivity index (χ4n) is 3.79. The highest BCUT2D eigenvalue weighted by molar-refractivity contribution is 6.33. The molecule has 28 heavy (non-hydrogen) atoms. The van der Waals surface area contributed by atoms with E-state index in [2.05, 4.69) is 17.4 Å². The Morgan fingerprint density at radius 1 is 1.04 bits per heavy atom. The van der Waals surface area contributed by atoms with Crippen molar-refractivity contribution in [1.29, 1.82) is 0 Å². The number of ether oxygens (including phenoxy) is 2. The van der Waals surface area contributed by atoms with E-state index in [1.54, 1.807) is 0 Å². The van der Waals surface area contributed by atoms with Crippen LogP contribution in [0.1, 0.15) is 11.1 Å². The number of benzene rings is 2. The Labute approximate surface area is 170 Å². The van der Waals surface area contributed by atoms with Crippen LogP contribution in [0.25, 0.3) is 0 Å². The summed E-state index contributed by atoms with van der Waals surface area (Å²) in [5.74, 6) is 1.68. The van der Waals surface area contributed by atoms with Gasteiger partial charge in [0, 0.05) is 5.56 Å². The number of fused-ring (bicyclic) bond motifs is 1. The first-order valence-corrected chi connectivity index (χ1v) is 10.1. The first-order valence-electron chi connectivity index (χ1n) is 9.68. The van der Waals surface area contributed by atoms with Crippen molar-refractivity contribution in [3.05, 3.63) is 52.5 Å². The predicted molar refractivity (Wildman–Crippen MR) is 107 cm³/mol. The highest BCUT2D eigenvalue weighted by Crippen LogP contribution is 2.32. The number of amides is 1. The van der Waals surface area contributed by atoms with Crippen LogP contribution in [0, 0.1) is 6.92 Å². The summed E-state index contributed by atoms with van der Waals surface area (Å²) < 4.78 is 10.8. The van der Waals surface area contributed by atoms with E-state index in [0.717, 1.165) is 49.8 Å². The van der Waals surface area contributed by atoms with Crippen LogP contribution in [-0.4, -0.2) is 45.4 Å². The number of rotatable bonds is 5. The molecule has 0 bridgehead atoms. The third kappa shape index (κ3) is 4.58. The van der Waals surface area contributed by atoms with Crippen molar-refractivity contribution >= 4 is 23.2 Å². The standard InChI is InChI=1S/C21H24ClN3O3/c1-15-2-4-18(17(22)10-15)23-21(26)13-25-8-6-24(7-9-25)12-16-3-5-19-20(11-16)28-14-27-19/h2-5,10-11H,6-9,12-14H2,1H3,(H,23,26)/p+2. The van der Waals surface area contributed by atoms with Crippen LogP contribution in [0.4, 0.5) is 5.69 Å². The van der Waals surface area contributed by atoms with E-state index >= 15 is 0 Å². The van der Waals surface area contributed by atoms with Crippen molar-refractivity contribution in [2.75, 3.05) is 44.8 Å². The maximum atomic E-state index is 12.4. The van der Waals surface area contributed by atoms with Gasteiger partial charge < -0.3 is 24.6 Å². The van der Waals surface area contributed by atoms with Crippen LogP contribution in [0.3, 0.4) is 0 Å². The molecule has 2 aliphatic heterocycles. The number of nitrogens with one attached hydrogen (secondary N) is 3. The van der Waals surface area contributed by atoms with Gasteiger partial charge in [0.1, 0.15) is 32.7 Å². The third-order valence-electron chi connectivity index (χ3n) is 5.36. The molecule has 148 valence electrons. The van der Waals surface area contributed by atoms with Crippen molar-refractivity contribution in [3.63, 3.8) is 0 Å². The molecule has 4 rings (SSSR count). The zero-order chi connectivity index (χ0) is 19.5. The first-order chi connectivity index (χ1) is 13.6. The molecule has 2 aromatic rings. The molecule has 0 aromatic heterocycles. The Hall–Kier alpha value is -2.28. The normalized spacial score (nSPS) is 20.8. The van der Waals surface area contributed by atoms with Crippen LogP contribution in [0.15, 0.2) is 36.4 Å². The molecule has 0 unspecified atom stereocenters. The summed E-state index contributed by atoms with van der Waals surface area (Å²) >= 11 is 6.21. The van der Waals surface area contributed by atoms with Crippen molar-refractivity contribution in [2.24, 2.45) is 0 Å². The van der Waals surface area contributed by atoms with Gasteiger partial charge in [-0.2, -0.15) is 0 Å².